The van der Waals surface area contributed by atoms with Gasteiger partial charge in [0.05, 0.1) is 18.8 Å². The predicted molar refractivity (Wildman–Crippen MR) is 80.0 cm³/mol. The van der Waals surface area contributed by atoms with Crippen molar-refractivity contribution >= 4 is 5.91 Å². The van der Waals surface area contributed by atoms with Gasteiger partial charge < -0.3 is 10.1 Å². The fourth-order valence-corrected chi connectivity index (χ4v) is 2.42. The average Bonchev–Trinajstić information content (AvgIpc) is 3.18. The van der Waals surface area contributed by atoms with Gasteiger partial charge in [0.1, 0.15) is 0 Å². The summed E-state index contributed by atoms with van der Waals surface area (Å²) in [7, 11) is 0. The van der Waals surface area contributed by atoms with Crippen molar-refractivity contribution in [1.29, 1.82) is 0 Å². The van der Waals surface area contributed by atoms with Gasteiger partial charge in [-0.1, -0.05) is 12.1 Å². The molecule has 1 fully saturated rings. The van der Waals surface area contributed by atoms with Crippen LogP contribution >= 0.6 is 0 Å². The summed E-state index contributed by atoms with van der Waals surface area (Å²) in [6.45, 7) is 4.24. The summed E-state index contributed by atoms with van der Waals surface area (Å²) in [6, 6.07) is 7.75. The number of hydrogen-bond donors (Lipinski definition) is 1. The number of hydrogen-bond acceptors (Lipinski definition) is 3. The lowest BCUT2D eigenvalue weighted by Crippen LogP contribution is -2.34. The Morgan fingerprint density at radius 1 is 1.38 bits per heavy atom. The minimum Gasteiger partial charge on any atom is -0.379 e. The maximum Gasteiger partial charge on any atom is 0.251 e. The van der Waals surface area contributed by atoms with Crippen LogP contribution < -0.4 is 5.32 Å². The Labute approximate surface area is 123 Å². The number of aromatic nitrogens is 2. The third kappa shape index (κ3) is 3.13. The van der Waals surface area contributed by atoms with Crippen LogP contribution in [0.1, 0.15) is 23.7 Å². The minimum atomic E-state index is -0.0405. The second kappa shape index (κ2) is 6.10. The Hall–Kier alpha value is -2.14. The molecule has 0 aliphatic carbocycles. The van der Waals surface area contributed by atoms with Gasteiger partial charge in [-0.15, -0.1) is 0 Å². The van der Waals surface area contributed by atoms with Gasteiger partial charge in [0, 0.05) is 30.5 Å². The van der Waals surface area contributed by atoms with Crippen molar-refractivity contribution in [3.8, 4) is 11.1 Å². The molecule has 2 aromatic rings. The monoisotopic (exact) mass is 285 g/mol. The lowest BCUT2D eigenvalue weighted by Gasteiger charge is -2.10. The molecule has 0 spiro atoms. The van der Waals surface area contributed by atoms with E-state index in [-0.39, 0.29) is 11.9 Å². The first-order valence-corrected chi connectivity index (χ1v) is 7.28. The zero-order valence-corrected chi connectivity index (χ0v) is 12.1. The van der Waals surface area contributed by atoms with E-state index in [0.29, 0.717) is 12.2 Å². The van der Waals surface area contributed by atoms with E-state index in [9.17, 15) is 4.79 Å². The number of carbonyl (C=O) groups excluding carboxylic acids is 1. The van der Waals surface area contributed by atoms with Gasteiger partial charge in [-0.3, -0.25) is 9.48 Å². The molecule has 5 heteroatoms. The molecule has 1 aliphatic rings. The summed E-state index contributed by atoms with van der Waals surface area (Å²) in [6.07, 6.45) is 4.74. The number of aryl methyl sites for hydroxylation is 1. The van der Waals surface area contributed by atoms with Crippen LogP contribution in [0.5, 0.6) is 0 Å². The van der Waals surface area contributed by atoms with Crippen LogP contribution in [0.3, 0.4) is 0 Å². The molecular weight excluding hydrogens is 266 g/mol. The standard InChI is InChI=1S/C16H19N3O2/c1-2-19-10-14(9-17-19)12-3-5-13(6-4-12)16(20)18-15-7-8-21-11-15/h3-6,9-10,15H,2,7-8,11H2,1H3,(H,18,20)/t15-/m1/s1. The first-order valence-electron chi connectivity index (χ1n) is 7.28. The highest BCUT2D eigenvalue weighted by molar-refractivity contribution is 5.94. The molecule has 0 radical (unpaired) electrons. The molecule has 1 N–H and O–H groups in total. The number of ether oxygens (including phenoxy) is 1. The van der Waals surface area contributed by atoms with Crippen molar-refractivity contribution in [1.82, 2.24) is 15.1 Å². The van der Waals surface area contributed by atoms with Crippen molar-refractivity contribution < 1.29 is 9.53 Å². The van der Waals surface area contributed by atoms with Gasteiger partial charge in [-0.2, -0.15) is 5.10 Å². The first-order chi connectivity index (χ1) is 10.3. The second-order valence-corrected chi connectivity index (χ2v) is 5.20. The van der Waals surface area contributed by atoms with E-state index in [0.717, 1.165) is 30.7 Å². The molecular formula is C16H19N3O2. The van der Waals surface area contributed by atoms with Crippen molar-refractivity contribution in [2.45, 2.75) is 25.9 Å². The van der Waals surface area contributed by atoms with Gasteiger partial charge in [0.25, 0.3) is 5.91 Å². The van der Waals surface area contributed by atoms with Gasteiger partial charge in [0.15, 0.2) is 0 Å². The van der Waals surface area contributed by atoms with Crippen molar-refractivity contribution in [3.63, 3.8) is 0 Å². The number of amides is 1. The fourth-order valence-electron chi connectivity index (χ4n) is 2.42. The van der Waals surface area contributed by atoms with Crippen LogP contribution in [0.4, 0.5) is 0 Å². The third-order valence-electron chi connectivity index (χ3n) is 3.70. The molecule has 21 heavy (non-hydrogen) atoms. The molecule has 1 saturated heterocycles. The lowest BCUT2D eigenvalue weighted by atomic mass is 10.1. The maximum absolute atomic E-state index is 12.1. The van der Waals surface area contributed by atoms with Crippen LogP contribution in [0, 0.1) is 0 Å². The number of benzene rings is 1. The summed E-state index contributed by atoms with van der Waals surface area (Å²) >= 11 is 0. The molecule has 0 saturated carbocycles. The Balaban J connectivity index is 1.69. The molecule has 1 amide bonds. The van der Waals surface area contributed by atoms with Crippen LogP contribution in [0.2, 0.25) is 0 Å². The van der Waals surface area contributed by atoms with Gasteiger partial charge in [0.2, 0.25) is 0 Å². The highest BCUT2D eigenvalue weighted by Gasteiger charge is 2.18. The number of carbonyl (C=O) groups is 1. The summed E-state index contributed by atoms with van der Waals surface area (Å²) in [5, 5.41) is 7.25. The van der Waals surface area contributed by atoms with E-state index in [1.54, 1.807) is 0 Å². The number of rotatable bonds is 4. The highest BCUT2D eigenvalue weighted by atomic mass is 16.5. The molecule has 5 nitrogen and oxygen atoms in total. The van der Waals surface area contributed by atoms with Crippen molar-refractivity contribution in [2.24, 2.45) is 0 Å². The van der Waals surface area contributed by atoms with Gasteiger partial charge in [-0.05, 0) is 31.0 Å². The molecule has 1 aliphatic heterocycles. The highest BCUT2D eigenvalue weighted by Crippen LogP contribution is 2.19. The number of nitrogens with zero attached hydrogens (tertiary/aromatic N) is 2. The summed E-state index contributed by atoms with van der Waals surface area (Å²) < 4.78 is 7.14. The van der Waals surface area contributed by atoms with Crippen LogP contribution in [-0.2, 0) is 11.3 Å². The minimum absolute atomic E-state index is 0.0405. The van der Waals surface area contributed by atoms with Gasteiger partial charge >= 0.3 is 0 Å². The largest absolute Gasteiger partial charge is 0.379 e. The van der Waals surface area contributed by atoms with Crippen LogP contribution in [0.25, 0.3) is 11.1 Å². The first kappa shape index (κ1) is 13.8. The second-order valence-electron chi connectivity index (χ2n) is 5.20. The topological polar surface area (TPSA) is 56.2 Å². The third-order valence-corrected chi connectivity index (χ3v) is 3.70. The Morgan fingerprint density at radius 2 is 2.19 bits per heavy atom. The van der Waals surface area contributed by atoms with E-state index in [4.69, 9.17) is 4.74 Å². The molecule has 0 bridgehead atoms. The Kier molecular flexibility index (Phi) is 4.01. The zero-order valence-electron chi connectivity index (χ0n) is 12.1. The van der Waals surface area contributed by atoms with Crippen molar-refractivity contribution in [3.05, 3.63) is 42.2 Å². The quantitative estimate of drug-likeness (QED) is 0.936. The smallest absolute Gasteiger partial charge is 0.251 e. The van der Waals surface area contributed by atoms with E-state index in [1.807, 2.05) is 41.3 Å². The molecule has 110 valence electrons. The maximum atomic E-state index is 12.1. The van der Waals surface area contributed by atoms with Crippen LogP contribution in [-0.4, -0.2) is 34.9 Å². The predicted octanol–water partition coefficient (Wildman–Crippen LogP) is 2.09. The average molecular weight is 285 g/mol. The summed E-state index contributed by atoms with van der Waals surface area (Å²) in [5.74, 6) is -0.0405. The lowest BCUT2D eigenvalue weighted by molar-refractivity contribution is 0.0930. The van der Waals surface area contributed by atoms with Crippen LogP contribution in [0.15, 0.2) is 36.7 Å². The molecule has 1 aromatic carbocycles. The Morgan fingerprint density at radius 3 is 2.81 bits per heavy atom. The Bertz CT molecular complexity index is 613. The molecule has 1 aromatic heterocycles. The van der Waals surface area contributed by atoms with E-state index in [2.05, 4.69) is 17.3 Å². The van der Waals surface area contributed by atoms with E-state index >= 15 is 0 Å². The SMILES string of the molecule is CCn1cc(-c2ccc(C(=O)N[C@@H]3CCOC3)cc2)cn1. The summed E-state index contributed by atoms with van der Waals surface area (Å²) in [4.78, 5) is 12.1. The van der Waals surface area contributed by atoms with Crippen molar-refractivity contribution in [2.75, 3.05) is 13.2 Å². The fraction of sp³-hybridized carbons (Fsp3) is 0.375. The van der Waals surface area contributed by atoms with Gasteiger partial charge in [-0.25, -0.2) is 0 Å². The summed E-state index contributed by atoms with van der Waals surface area (Å²) in [5.41, 5.74) is 2.80. The molecule has 3 rings (SSSR count). The molecule has 2 heterocycles. The molecule has 0 unspecified atom stereocenters. The normalized spacial score (nSPS) is 17.9. The number of nitrogens with one attached hydrogen (secondary N) is 1. The molecule has 1 atom stereocenters. The van der Waals surface area contributed by atoms with E-state index < -0.39 is 0 Å². The van der Waals surface area contributed by atoms with E-state index in [1.165, 1.54) is 0 Å². The zero-order chi connectivity index (χ0) is 14.7.